The molecule has 0 saturated heterocycles. The van der Waals surface area contributed by atoms with Crippen molar-refractivity contribution in [2.45, 2.75) is 39.3 Å². The number of rotatable bonds is 8. The maximum atomic E-state index is 12.0. The molecule has 28 heavy (non-hydrogen) atoms. The summed E-state index contributed by atoms with van der Waals surface area (Å²) in [5.41, 5.74) is 1.26. The second kappa shape index (κ2) is 9.66. The van der Waals surface area contributed by atoms with Crippen LogP contribution in [0.25, 0.3) is 6.08 Å². The number of fused-ring (bicyclic) bond motifs is 1. The third-order valence-electron chi connectivity index (χ3n) is 4.85. The number of nitrogens with one attached hydrogen (secondary N) is 1. The number of furan rings is 1. The van der Waals surface area contributed by atoms with Gasteiger partial charge in [-0.05, 0) is 32.1 Å². The lowest BCUT2D eigenvalue weighted by atomic mass is 10.2. The highest BCUT2D eigenvalue weighted by Gasteiger charge is 2.22. The Morgan fingerprint density at radius 3 is 3.00 bits per heavy atom. The van der Waals surface area contributed by atoms with Gasteiger partial charge in [-0.3, -0.25) is 9.69 Å². The summed E-state index contributed by atoms with van der Waals surface area (Å²) in [5.74, 6) is 2.62. The van der Waals surface area contributed by atoms with Crippen molar-refractivity contribution in [3.63, 3.8) is 0 Å². The van der Waals surface area contributed by atoms with Crippen LogP contribution in [-0.2, 0) is 22.5 Å². The van der Waals surface area contributed by atoms with Crippen LogP contribution in [0.5, 0.6) is 0 Å². The molecule has 0 fully saturated rings. The first-order valence-corrected chi connectivity index (χ1v) is 9.70. The van der Waals surface area contributed by atoms with Gasteiger partial charge in [-0.2, -0.15) is 0 Å². The van der Waals surface area contributed by atoms with Crippen LogP contribution in [0.2, 0.25) is 0 Å². The molecule has 0 bridgehead atoms. The number of methoxy groups -OCH3 is 1. The quantitative estimate of drug-likeness (QED) is 0.746. The number of ether oxygens (including phenoxy) is 1. The van der Waals surface area contributed by atoms with Crippen LogP contribution in [0.15, 0.2) is 28.4 Å². The molecule has 8 nitrogen and oxygen atoms in total. The minimum absolute atomic E-state index is 0.0411. The fourth-order valence-electron chi connectivity index (χ4n) is 3.46. The van der Waals surface area contributed by atoms with Crippen LogP contribution in [0.1, 0.15) is 43.7 Å². The molecule has 0 spiro atoms. The van der Waals surface area contributed by atoms with E-state index in [9.17, 15) is 4.79 Å². The van der Waals surface area contributed by atoms with Gasteiger partial charge in [-0.15, -0.1) is 10.2 Å². The van der Waals surface area contributed by atoms with E-state index in [0.717, 1.165) is 50.0 Å². The first-order valence-electron chi connectivity index (χ1n) is 9.70. The lowest BCUT2D eigenvalue weighted by Crippen LogP contribution is -2.31. The predicted octanol–water partition coefficient (Wildman–Crippen LogP) is 2.05. The fourth-order valence-corrected chi connectivity index (χ4v) is 3.46. The van der Waals surface area contributed by atoms with E-state index < -0.39 is 0 Å². The molecule has 2 aromatic rings. The van der Waals surface area contributed by atoms with Gasteiger partial charge in [0, 0.05) is 46.1 Å². The summed E-state index contributed by atoms with van der Waals surface area (Å²) in [6, 6.07) is 3.67. The molecular formula is C20H29N5O3. The number of nitrogens with zero attached hydrogens (tertiary/aromatic N) is 4. The van der Waals surface area contributed by atoms with E-state index in [1.54, 1.807) is 13.4 Å². The number of amides is 1. The Hall–Kier alpha value is -2.45. The van der Waals surface area contributed by atoms with Crippen LogP contribution in [0.3, 0.4) is 0 Å². The van der Waals surface area contributed by atoms with Gasteiger partial charge in [0.1, 0.15) is 11.6 Å². The van der Waals surface area contributed by atoms with Gasteiger partial charge >= 0.3 is 0 Å². The van der Waals surface area contributed by atoms with Crippen molar-refractivity contribution in [1.29, 1.82) is 0 Å². The summed E-state index contributed by atoms with van der Waals surface area (Å²) in [4.78, 5) is 14.4. The molecule has 1 atom stereocenters. The smallest absolute Gasteiger partial charge is 0.222 e. The summed E-state index contributed by atoms with van der Waals surface area (Å²) >= 11 is 0. The molecule has 0 aromatic carbocycles. The van der Waals surface area contributed by atoms with E-state index in [1.807, 2.05) is 19.1 Å². The third kappa shape index (κ3) is 5.30. The van der Waals surface area contributed by atoms with Crippen LogP contribution in [0.4, 0.5) is 0 Å². The molecule has 3 heterocycles. The van der Waals surface area contributed by atoms with Crippen molar-refractivity contribution in [1.82, 2.24) is 25.0 Å². The Labute approximate surface area is 165 Å². The molecule has 2 aromatic heterocycles. The molecule has 1 N–H and O–H groups in total. The number of aromatic nitrogens is 3. The van der Waals surface area contributed by atoms with Crippen molar-refractivity contribution in [3.8, 4) is 0 Å². The zero-order chi connectivity index (χ0) is 19.9. The van der Waals surface area contributed by atoms with Crippen molar-refractivity contribution in [2.24, 2.45) is 0 Å². The number of hydrogen-bond acceptors (Lipinski definition) is 6. The zero-order valence-corrected chi connectivity index (χ0v) is 16.9. The van der Waals surface area contributed by atoms with E-state index in [2.05, 4.69) is 38.0 Å². The minimum atomic E-state index is -0.183. The van der Waals surface area contributed by atoms with Gasteiger partial charge < -0.3 is 19.0 Å². The second-order valence-corrected chi connectivity index (χ2v) is 7.19. The average Bonchev–Trinajstić information content (AvgIpc) is 3.27. The van der Waals surface area contributed by atoms with Gasteiger partial charge in [-0.1, -0.05) is 5.57 Å². The molecular weight excluding hydrogens is 358 g/mol. The highest BCUT2D eigenvalue weighted by atomic mass is 16.5. The van der Waals surface area contributed by atoms with Crippen LogP contribution >= 0.6 is 0 Å². The topological polar surface area (TPSA) is 85.4 Å². The van der Waals surface area contributed by atoms with Crippen LogP contribution < -0.4 is 5.32 Å². The Morgan fingerprint density at radius 1 is 1.39 bits per heavy atom. The van der Waals surface area contributed by atoms with E-state index in [4.69, 9.17) is 9.15 Å². The van der Waals surface area contributed by atoms with Gasteiger partial charge in [0.05, 0.1) is 18.9 Å². The maximum absolute atomic E-state index is 12.0. The summed E-state index contributed by atoms with van der Waals surface area (Å²) in [5, 5.41) is 11.7. The van der Waals surface area contributed by atoms with E-state index >= 15 is 0 Å². The minimum Gasteiger partial charge on any atom is -0.465 e. The van der Waals surface area contributed by atoms with Gasteiger partial charge in [0.25, 0.3) is 0 Å². The Morgan fingerprint density at radius 2 is 2.25 bits per heavy atom. The van der Waals surface area contributed by atoms with Crippen LogP contribution in [0, 0.1) is 0 Å². The largest absolute Gasteiger partial charge is 0.465 e. The summed E-state index contributed by atoms with van der Waals surface area (Å²) in [7, 11) is 1.59. The molecule has 0 saturated carbocycles. The first-order chi connectivity index (χ1) is 13.6. The standard InChI is InChI=1S/C20H29N5O3/c1-15(13-17-5-4-11-28-17)14-24-8-6-18-22-23-20(25(18)10-9-24)16(2)21-19(26)7-12-27-3/h4-5,11,13,16H,6-10,12,14H2,1-3H3,(H,21,26)/b15-13+. The normalized spacial score (nSPS) is 16.5. The molecule has 3 rings (SSSR count). The number of hydrogen-bond donors (Lipinski definition) is 1. The second-order valence-electron chi connectivity index (χ2n) is 7.19. The fraction of sp³-hybridized carbons (Fsp3) is 0.550. The predicted molar refractivity (Wildman–Crippen MR) is 106 cm³/mol. The summed E-state index contributed by atoms with van der Waals surface area (Å²) in [6.45, 7) is 8.01. The average molecular weight is 387 g/mol. The lowest BCUT2D eigenvalue weighted by Gasteiger charge is -2.20. The highest BCUT2D eigenvalue weighted by Crippen LogP contribution is 2.17. The molecule has 152 valence electrons. The summed E-state index contributed by atoms with van der Waals surface area (Å²) in [6.07, 6.45) is 4.95. The molecule has 1 amide bonds. The van der Waals surface area contributed by atoms with Crippen LogP contribution in [-0.4, -0.2) is 58.9 Å². The molecule has 0 aliphatic carbocycles. The monoisotopic (exact) mass is 387 g/mol. The number of carbonyl (C=O) groups excluding carboxylic acids is 1. The molecule has 0 radical (unpaired) electrons. The van der Waals surface area contributed by atoms with E-state index in [-0.39, 0.29) is 11.9 Å². The Bertz CT molecular complexity index is 797. The molecule has 1 aliphatic heterocycles. The zero-order valence-electron chi connectivity index (χ0n) is 16.9. The van der Waals surface area contributed by atoms with Crippen molar-refractivity contribution >= 4 is 12.0 Å². The van der Waals surface area contributed by atoms with Crippen molar-refractivity contribution < 1.29 is 13.9 Å². The van der Waals surface area contributed by atoms with Crippen molar-refractivity contribution in [3.05, 3.63) is 41.4 Å². The summed E-state index contributed by atoms with van der Waals surface area (Å²) < 4.78 is 12.5. The third-order valence-corrected chi connectivity index (χ3v) is 4.85. The van der Waals surface area contributed by atoms with Gasteiger partial charge in [-0.25, -0.2) is 0 Å². The van der Waals surface area contributed by atoms with E-state index in [1.165, 1.54) is 5.57 Å². The molecule has 1 unspecified atom stereocenters. The Balaban J connectivity index is 1.59. The number of carbonyl (C=O) groups is 1. The van der Waals surface area contributed by atoms with E-state index in [0.29, 0.717) is 13.0 Å². The highest BCUT2D eigenvalue weighted by molar-refractivity contribution is 5.76. The SMILES string of the molecule is COCCC(=O)NC(C)c1nnc2n1CCN(C/C(C)=C/c1ccco1)CC2. The molecule has 1 aliphatic rings. The maximum Gasteiger partial charge on any atom is 0.222 e. The first kappa shape index (κ1) is 20.3. The Kier molecular flexibility index (Phi) is 7.00. The van der Waals surface area contributed by atoms with Gasteiger partial charge in [0.15, 0.2) is 5.82 Å². The van der Waals surface area contributed by atoms with Crippen molar-refractivity contribution in [2.75, 3.05) is 33.4 Å². The van der Waals surface area contributed by atoms with Gasteiger partial charge in [0.2, 0.25) is 5.91 Å². The molecule has 8 heteroatoms. The lowest BCUT2D eigenvalue weighted by molar-refractivity contribution is -0.122.